The number of fused-ring (bicyclic) bond motifs is 16. The van der Waals surface area contributed by atoms with Gasteiger partial charge in [0, 0.05) is 80.7 Å². The summed E-state index contributed by atoms with van der Waals surface area (Å²) < 4.78 is 186. The lowest BCUT2D eigenvalue weighted by Gasteiger charge is -2.46. The monoisotopic (exact) mass is 1880 g/mol. The van der Waals surface area contributed by atoms with Gasteiger partial charge in [-0.3, -0.25) is 38.3 Å². The Hall–Kier alpha value is -12.4. The van der Waals surface area contributed by atoms with Crippen LogP contribution in [-0.4, -0.2) is 155 Å². The average molecular weight is 1880 g/mol. The van der Waals surface area contributed by atoms with Crippen molar-refractivity contribution < 1.29 is 60.0 Å². The van der Waals surface area contributed by atoms with Crippen LogP contribution < -0.4 is 61.9 Å². The number of pyridine rings is 1. The summed E-state index contributed by atoms with van der Waals surface area (Å²) in [5.74, 6) is 2.38. The van der Waals surface area contributed by atoms with E-state index in [1.807, 2.05) is 48.3 Å². The first-order chi connectivity index (χ1) is 62.0. The number of anilines is 12. The molecule has 4 aliphatic carbocycles. The maximum Gasteiger partial charge on any atom is 0.433 e. The summed E-state index contributed by atoms with van der Waals surface area (Å²) >= 11 is 0. The zero-order valence-corrected chi connectivity index (χ0v) is 75.5. The van der Waals surface area contributed by atoms with Crippen molar-refractivity contribution in [1.29, 1.82) is 0 Å². The molecule has 0 amide bonds. The Labute approximate surface area is 749 Å². The number of hydrogen-bond acceptors (Lipinski definition) is 29. The molecule has 4 aliphatic heterocycles. The van der Waals surface area contributed by atoms with Crippen molar-refractivity contribution in [2.75, 3.05) is 69.5 Å². The van der Waals surface area contributed by atoms with Crippen molar-refractivity contribution in [3.63, 3.8) is 0 Å². The largest absolute Gasteiger partial charge is 0.433 e. The van der Waals surface area contributed by atoms with Crippen molar-refractivity contribution in [2.45, 2.75) is 197 Å². The number of sulfonamides is 4. The van der Waals surface area contributed by atoms with Gasteiger partial charge in [0.05, 0.1) is 71.5 Å². The van der Waals surface area contributed by atoms with Crippen LogP contribution in [0.5, 0.6) is 0 Å². The summed E-state index contributed by atoms with van der Waals surface area (Å²) in [6.45, 7) is 6.42. The van der Waals surface area contributed by atoms with Crippen LogP contribution in [0, 0.1) is 23.4 Å². The van der Waals surface area contributed by atoms with Crippen LogP contribution in [0.4, 0.5) is 96.3 Å². The lowest BCUT2D eigenvalue weighted by Crippen LogP contribution is -2.54. The molecule has 131 heavy (non-hydrogen) atoms. The van der Waals surface area contributed by atoms with E-state index in [4.69, 9.17) is 45.7 Å². The lowest BCUT2D eigenvalue weighted by atomic mass is 9.74. The molecule has 20 rings (SSSR count). The molecular formula is C84H95F6N29O8S4. The second-order valence-corrected chi connectivity index (χ2v) is 40.5. The second kappa shape index (κ2) is 34.1. The highest BCUT2D eigenvalue weighted by atomic mass is 32.2. The molecule has 0 unspecified atom stereocenters. The molecule has 3 aromatic carbocycles. The highest BCUT2D eigenvalue weighted by Gasteiger charge is 2.56. The Morgan fingerprint density at radius 2 is 0.718 bits per heavy atom. The number of nitrogens with zero attached hydrogens (tertiary/aromatic N) is 21. The first kappa shape index (κ1) is 90.5. The minimum Gasteiger partial charge on any atom is -0.322 e. The van der Waals surface area contributed by atoms with Crippen LogP contribution in [0.25, 0.3) is 44.1 Å². The first-order valence-electron chi connectivity index (χ1n) is 42.5. The minimum absolute atomic E-state index is 0.0494. The van der Waals surface area contributed by atoms with E-state index in [2.05, 4.69) is 108 Å². The van der Waals surface area contributed by atoms with Crippen molar-refractivity contribution in [3.05, 3.63) is 139 Å². The molecule has 12 aromatic rings. The molecule has 47 heteroatoms. The third-order valence-electron chi connectivity index (χ3n) is 25.4. The van der Waals surface area contributed by atoms with E-state index in [1.165, 1.54) is 86.2 Å². The predicted octanol–water partition coefficient (Wildman–Crippen LogP) is 13.8. The number of nitrogens with one attached hydrogen (secondary N) is 4. The normalized spacial score (nSPS) is 18.0. The van der Waals surface area contributed by atoms with Gasteiger partial charge in [0.1, 0.15) is 74.0 Å². The van der Waals surface area contributed by atoms with Crippen molar-refractivity contribution in [1.82, 2.24) is 63.1 Å². The molecule has 12 N–H and O–H groups in total. The number of primary sulfonamides is 4. The average Bonchev–Trinajstić information content (AvgIpc) is 1.60. The van der Waals surface area contributed by atoms with Gasteiger partial charge >= 0.3 is 6.18 Å². The standard InChI is InChI=1S/C23H28FN7O2S.C21H21F4N7O2S.C21H24FN7O2S.C19H22N8O2S/c1-14(2)20-23(9-5-4-6-10-23)31-19(30(3)29-20)11-15-13-26-22(28-21(15)31)27-18-8-7-16(12-17(18)24)34(25,32)33;1-31-16-9-12-11-27-19(28-15-6-5-13(10-14(15)22)35(26,33)34)29-17(12)32(16)20(7-3-2-4-8-20)18(30-31)21(23,24)25;1-13-21(8-4-3-5-9-21)29-18(28(2)27-13)10-14-12-24-20(26-19(14)29)25-17-7-6-15(11-16(17)22)32(23,30)31;1-26-16-9-13-10-22-18(24-15-6-5-14(11-21-15)30(20,28)29)25-17(13)27(16)19(12-23-26)7-3-2-4-8-19/h7-8,11-14H,4-6,9-10H2,1-3H3,(H2,25,32,33)(H,26,27,28);5-6,9-11H,2-4,7-8H2,1H3,(H2,26,33,34)(H,27,28,29);6-7,10-12H,3-5,8-9H2,1-2H3,(H2,23,30,31)(H,24,25,26);5-6,9-12H,2-4,7-8H2,1H3,(H2,20,28,29)(H,21,22,24,25). The van der Waals surface area contributed by atoms with Gasteiger partial charge in [-0.25, -0.2) is 92.3 Å². The number of hydrazone groups is 4. The fraction of sp³-hybridized carbons (Fsp3) is 0.393. The minimum atomic E-state index is -4.64. The summed E-state index contributed by atoms with van der Waals surface area (Å²) in [4.78, 5) is 39.0. The van der Waals surface area contributed by atoms with Gasteiger partial charge in [-0.1, -0.05) is 90.9 Å². The van der Waals surface area contributed by atoms with E-state index >= 15 is 0 Å². The van der Waals surface area contributed by atoms with Gasteiger partial charge in [0.2, 0.25) is 63.9 Å². The van der Waals surface area contributed by atoms with Gasteiger partial charge in [0.15, 0.2) is 5.71 Å². The predicted molar refractivity (Wildman–Crippen MR) is 487 cm³/mol. The maximum absolute atomic E-state index is 14.6. The van der Waals surface area contributed by atoms with Crippen LogP contribution in [0.3, 0.4) is 0 Å². The first-order valence-corrected chi connectivity index (χ1v) is 48.6. The fourth-order valence-corrected chi connectivity index (χ4v) is 21.3. The lowest BCUT2D eigenvalue weighted by molar-refractivity contribution is -0.0685. The topological polar surface area (TPSA) is 487 Å². The van der Waals surface area contributed by atoms with E-state index in [0.29, 0.717) is 35.8 Å². The van der Waals surface area contributed by atoms with Gasteiger partial charge in [0.25, 0.3) is 0 Å². The van der Waals surface area contributed by atoms with Gasteiger partial charge in [-0.05, 0) is 155 Å². The Morgan fingerprint density at radius 1 is 0.382 bits per heavy atom. The van der Waals surface area contributed by atoms with E-state index in [1.54, 1.807) is 29.2 Å². The number of nitrogens with two attached hydrogens (primary N) is 4. The molecule has 0 saturated heterocycles. The molecule has 4 spiro atoms. The van der Waals surface area contributed by atoms with Crippen LogP contribution in [-0.2, 0) is 62.2 Å². The zero-order valence-electron chi connectivity index (χ0n) is 72.2. The Morgan fingerprint density at radius 3 is 1.09 bits per heavy atom. The Bertz CT molecular complexity index is 7160. The van der Waals surface area contributed by atoms with E-state index < -0.39 is 79.9 Å². The smallest absolute Gasteiger partial charge is 0.322 e. The maximum atomic E-state index is 14.6. The summed E-state index contributed by atoms with van der Waals surface area (Å²) in [5.41, 5.74) is 1.90. The zero-order chi connectivity index (χ0) is 93.0. The third kappa shape index (κ3) is 17.2. The van der Waals surface area contributed by atoms with E-state index in [9.17, 15) is 60.0 Å². The highest BCUT2D eigenvalue weighted by molar-refractivity contribution is 7.90. The summed E-state index contributed by atoms with van der Waals surface area (Å²) in [6.07, 6.45) is 24.3. The van der Waals surface area contributed by atoms with Gasteiger partial charge in [-0.15, -0.1) is 0 Å². The Kier molecular flexibility index (Phi) is 23.5. The summed E-state index contributed by atoms with van der Waals surface area (Å²) in [5, 5.41) is 60.1. The molecule has 4 fully saturated rings. The van der Waals surface area contributed by atoms with Crippen molar-refractivity contribution in [3.8, 4) is 0 Å². The van der Waals surface area contributed by atoms with E-state index in [0.717, 1.165) is 170 Å². The summed E-state index contributed by atoms with van der Waals surface area (Å²) in [7, 11) is -8.64. The van der Waals surface area contributed by atoms with Crippen LogP contribution in [0.1, 0.15) is 149 Å². The Balaban J connectivity index is 0.000000122. The second-order valence-electron chi connectivity index (χ2n) is 34.3. The van der Waals surface area contributed by atoms with E-state index in [-0.39, 0.29) is 90.6 Å². The molecule has 13 heterocycles. The van der Waals surface area contributed by atoms with Crippen molar-refractivity contribution in [2.24, 2.45) is 46.9 Å². The van der Waals surface area contributed by atoms with Gasteiger partial charge < -0.3 is 21.3 Å². The molecule has 0 bridgehead atoms. The SMILES string of the molecule is CC(C)C1=NN(C)c2cc3cnc(Nc4ccc(S(N)(=O)=O)cc4F)nc3n2C12CCCCC2.CC1=NN(C)c2cc3cnc(Nc4ccc(S(N)(=O)=O)cc4F)nc3n2C12CCCCC2.CN1N=C(C(F)(F)F)C2(CCCCC2)n2c1cc1cnc(Nc3ccc(S(N)(=O)=O)cc3F)nc12.CN1N=CC2(CCCCC2)n2c1cc1cnc(Nc3ccc(S(N)(=O)=O)cn3)nc12. The molecule has 8 aliphatic rings. The van der Waals surface area contributed by atoms with Crippen LogP contribution in [0.2, 0.25) is 0 Å². The number of rotatable bonds is 13. The van der Waals surface area contributed by atoms with Crippen LogP contribution >= 0.6 is 0 Å². The molecule has 4 saturated carbocycles. The fourth-order valence-electron chi connectivity index (χ4n) is 19.3. The number of benzene rings is 3. The molecule has 0 radical (unpaired) electrons. The molecule has 9 aromatic heterocycles. The molecule has 0 atom stereocenters. The highest BCUT2D eigenvalue weighted by Crippen LogP contribution is 2.52. The molecular weight excluding hydrogens is 1790 g/mol. The molecule has 690 valence electrons. The third-order valence-corrected chi connectivity index (χ3v) is 29.1. The quantitative estimate of drug-likeness (QED) is 0.0497. The number of aromatic nitrogens is 13. The van der Waals surface area contributed by atoms with Crippen LogP contribution in [0.15, 0.2) is 162 Å². The summed E-state index contributed by atoms with van der Waals surface area (Å²) in [6, 6.07) is 20.6. The number of alkyl halides is 3. The number of halogens is 6. The number of hydrogen-bond donors (Lipinski definition) is 8. The van der Waals surface area contributed by atoms with Gasteiger partial charge in [-0.2, -0.15) is 53.5 Å². The van der Waals surface area contributed by atoms with Crippen molar-refractivity contribution >= 4 is 178 Å². The molecule has 37 nitrogen and oxygen atoms in total.